The third-order valence-corrected chi connectivity index (χ3v) is 8.81. The van der Waals surface area contributed by atoms with Gasteiger partial charge < -0.3 is 14.0 Å². The van der Waals surface area contributed by atoms with Crippen LogP contribution in [0.15, 0.2) is 0 Å². The Labute approximate surface area is 390 Å². The highest BCUT2D eigenvalue weighted by Gasteiger charge is 3.00. The molecule has 0 aliphatic heterocycles. The van der Waals surface area contributed by atoms with E-state index in [2.05, 4.69) is 0 Å². The molecule has 79 heavy (non-hydrogen) atoms. The molecule has 0 N–H and O–H groups in total. The van der Waals surface area contributed by atoms with Gasteiger partial charge in [0.25, 0.3) is 0 Å². The van der Waals surface area contributed by atoms with Crippen LogP contribution in [0.1, 0.15) is 0 Å². The standard InChI is InChI=1S/C24BF51O3/c26-1(27,7(38,39)13(50,51)19(62,63)64)4(32,33)10(44,45)16(56,57)22(71,72)77-25(78-23(73,74)17(58,59)11(46,47)5(34,35)2(28,29)8(40,41)14(52,53)20(65,66)67)79-24(75,76)18(60,61)12(48,49)6(36,37)3(30,31)9(42,43)15(54,55)21(68,69)70. The largest absolute Gasteiger partial charge is 0.652 e. The molecule has 0 aliphatic carbocycles. The van der Waals surface area contributed by atoms with E-state index in [1.807, 2.05) is 0 Å². The van der Waals surface area contributed by atoms with Crippen molar-refractivity contribution in [2.24, 2.45) is 0 Å². The molecule has 0 saturated carbocycles. The molecule has 0 saturated heterocycles. The average Bonchev–Trinajstić information content (AvgIpc) is 3.17. The van der Waals surface area contributed by atoms with Crippen LogP contribution in [-0.4, -0.2) is 151 Å². The van der Waals surface area contributed by atoms with E-state index in [0.717, 1.165) is 14.0 Å². The Kier molecular flexibility index (Phi) is 17.8. The van der Waals surface area contributed by atoms with Crippen LogP contribution in [-0.2, 0) is 14.0 Å². The van der Waals surface area contributed by atoms with Gasteiger partial charge in [0, 0.05) is 0 Å². The Morgan fingerprint density at radius 2 is 0.215 bits per heavy atom. The molecule has 0 spiro atoms. The Morgan fingerprint density at radius 3 is 0.316 bits per heavy atom. The Balaban J connectivity index is 8.83. The molecule has 0 aliphatic rings. The molecule has 0 radical (unpaired) electrons. The van der Waals surface area contributed by atoms with Crippen molar-refractivity contribution in [1.82, 2.24) is 0 Å². The van der Waals surface area contributed by atoms with Gasteiger partial charge in [-0.2, -0.15) is 224 Å². The van der Waals surface area contributed by atoms with Crippen LogP contribution >= 0.6 is 0 Å². The molecule has 0 aromatic rings. The van der Waals surface area contributed by atoms with Crippen molar-refractivity contribution < 1.29 is 238 Å². The average molecular weight is 1320 g/mol. The van der Waals surface area contributed by atoms with Gasteiger partial charge in [0.2, 0.25) is 0 Å². The summed E-state index contributed by atoms with van der Waals surface area (Å²) in [6.07, 6.45) is -55.8. The lowest BCUT2D eigenvalue weighted by Crippen LogP contribution is -2.76. The van der Waals surface area contributed by atoms with Crippen molar-refractivity contribution in [2.45, 2.75) is 143 Å². The Hall–Kier alpha value is -3.63. The van der Waals surface area contributed by atoms with E-state index in [0.29, 0.717) is 0 Å². The first kappa shape index (κ1) is 75.4. The molecule has 0 fully saturated rings. The number of alkyl halides is 51. The number of rotatable bonds is 24. The topological polar surface area (TPSA) is 27.7 Å². The summed E-state index contributed by atoms with van der Waals surface area (Å²) in [6, 6.07) is 0. The molecule has 0 bridgehead atoms. The van der Waals surface area contributed by atoms with Crippen LogP contribution in [0.4, 0.5) is 224 Å². The maximum atomic E-state index is 14.4. The zero-order valence-corrected chi connectivity index (χ0v) is 33.1. The summed E-state index contributed by atoms with van der Waals surface area (Å²) in [7, 11) is -8.26. The number of halogens is 51. The summed E-state index contributed by atoms with van der Waals surface area (Å²) in [5.41, 5.74) is 0. The number of hydrogen-bond acceptors (Lipinski definition) is 3. The van der Waals surface area contributed by atoms with Crippen LogP contribution in [0, 0.1) is 0 Å². The van der Waals surface area contributed by atoms with Crippen LogP contribution in [0.2, 0.25) is 0 Å². The molecular weight excluding hydrogens is 1320 g/mol. The van der Waals surface area contributed by atoms with Gasteiger partial charge in [-0.25, -0.2) is 0 Å². The van der Waals surface area contributed by atoms with Crippen LogP contribution in [0.25, 0.3) is 0 Å². The summed E-state index contributed by atoms with van der Waals surface area (Å²) in [6.45, 7) is 0. The predicted octanol–water partition coefficient (Wildman–Crippen LogP) is 15.9. The molecule has 3 nitrogen and oxygen atoms in total. The first-order chi connectivity index (χ1) is 33.0. The molecule has 0 aromatic carbocycles. The molecule has 0 rings (SSSR count). The van der Waals surface area contributed by atoms with E-state index in [9.17, 15) is 224 Å². The van der Waals surface area contributed by atoms with Crippen molar-refractivity contribution in [3.8, 4) is 0 Å². The van der Waals surface area contributed by atoms with Crippen molar-refractivity contribution in [3.05, 3.63) is 0 Å². The van der Waals surface area contributed by atoms with Gasteiger partial charge in [0.1, 0.15) is 0 Å². The zero-order valence-electron chi connectivity index (χ0n) is 33.1. The smallest absolute Gasteiger partial charge is 0.322 e. The third kappa shape index (κ3) is 9.70. The SMILES string of the molecule is FC(F)(F)C(F)(F)C(F)(F)C(F)(F)C(F)(F)C(F)(F)C(F)(F)C(F)(F)OB(OC(F)(F)C(F)(F)C(F)(F)C(F)(F)C(F)(F)C(F)(F)C(F)(F)C(F)(F)F)OC(F)(F)C(F)(F)C(F)(F)C(F)(F)C(F)(F)C(F)(F)C(F)(F)C(F)(F)F. The molecular formula is C24BF51O3. The van der Waals surface area contributed by atoms with Crippen LogP contribution in [0.3, 0.4) is 0 Å². The van der Waals surface area contributed by atoms with Crippen molar-refractivity contribution in [2.75, 3.05) is 0 Å². The van der Waals surface area contributed by atoms with Crippen molar-refractivity contribution in [3.63, 3.8) is 0 Å². The zero-order chi connectivity index (χ0) is 65.7. The molecule has 0 heterocycles. The van der Waals surface area contributed by atoms with E-state index >= 15 is 0 Å². The van der Waals surface area contributed by atoms with Crippen LogP contribution in [0.5, 0.6) is 0 Å². The molecule has 0 aromatic heterocycles. The monoisotopic (exact) mass is 1320 g/mol. The van der Waals surface area contributed by atoms with Gasteiger partial charge >= 0.3 is 151 Å². The fourth-order valence-corrected chi connectivity index (χ4v) is 4.11. The second kappa shape index (κ2) is 18.7. The van der Waals surface area contributed by atoms with Gasteiger partial charge in [0.05, 0.1) is 0 Å². The lowest BCUT2D eigenvalue weighted by atomic mass is 9.90. The summed E-state index contributed by atoms with van der Waals surface area (Å²) < 4.78 is 693. The second-order valence-electron chi connectivity index (χ2n) is 14.0. The molecule has 55 heteroatoms. The van der Waals surface area contributed by atoms with E-state index in [1.165, 1.54) is 0 Å². The third-order valence-electron chi connectivity index (χ3n) is 8.81. The van der Waals surface area contributed by atoms with E-state index in [4.69, 9.17) is 0 Å². The summed E-state index contributed by atoms with van der Waals surface area (Å²) in [4.78, 5) is 0. The normalized spacial score (nSPS) is 17.2. The summed E-state index contributed by atoms with van der Waals surface area (Å²) in [5.74, 6) is -179. The van der Waals surface area contributed by atoms with E-state index in [-0.39, 0.29) is 0 Å². The Morgan fingerprint density at radius 1 is 0.127 bits per heavy atom. The second-order valence-corrected chi connectivity index (χ2v) is 14.0. The summed E-state index contributed by atoms with van der Waals surface area (Å²) in [5, 5.41) is 0. The Bertz CT molecular complexity index is 1910. The summed E-state index contributed by atoms with van der Waals surface area (Å²) >= 11 is 0. The lowest BCUT2D eigenvalue weighted by molar-refractivity contribution is -0.484. The lowest BCUT2D eigenvalue weighted by Gasteiger charge is -2.44. The highest BCUT2D eigenvalue weighted by atomic mass is 19.5. The minimum absolute atomic E-state index is 0.792. The van der Waals surface area contributed by atoms with Crippen molar-refractivity contribution >= 4 is 7.32 Å². The van der Waals surface area contributed by atoms with Crippen molar-refractivity contribution in [1.29, 1.82) is 0 Å². The first-order valence-corrected chi connectivity index (χ1v) is 16.2. The quantitative estimate of drug-likeness (QED) is 0.0712. The maximum absolute atomic E-state index is 14.4. The van der Waals surface area contributed by atoms with Crippen LogP contribution < -0.4 is 0 Å². The fourth-order valence-electron chi connectivity index (χ4n) is 4.11. The number of hydrogen-bond donors (Lipinski definition) is 0. The minimum Gasteiger partial charge on any atom is -0.322 e. The highest BCUT2D eigenvalue weighted by Crippen LogP contribution is 2.68. The van der Waals surface area contributed by atoms with E-state index in [1.54, 1.807) is 0 Å². The molecule has 474 valence electrons. The fraction of sp³-hybridized carbons (Fsp3) is 1.00. The highest BCUT2D eigenvalue weighted by molar-refractivity contribution is 6.36. The molecule has 0 amide bonds. The minimum atomic E-state index is -10.3. The van der Waals surface area contributed by atoms with E-state index < -0.39 is 151 Å². The predicted molar refractivity (Wildman–Crippen MR) is 131 cm³/mol. The molecule has 0 atom stereocenters. The van der Waals surface area contributed by atoms with Gasteiger partial charge in [0.15, 0.2) is 0 Å². The maximum Gasteiger partial charge on any atom is 0.652 e. The first-order valence-electron chi connectivity index (χ1n) is 16.2. The van der Waals surface area contributed by atoms with Gasteiger partial charge in [-0.3, -0.25) is 0 Å². The van der Waals surface area contributed by atoms with Gasteiger partial charge in [-0.15, -0.1) is 0 Å². The van der Waals surface area contributed by atoms with Gasteiger partial charge in [-0.05, 0) is 0 Å². The molecule has 0 unspecified atom stereocenters. The van der Waals surface area contributed by atoms with Gasteiger partial charge in [-0.1, -0.05) is 0 Å².